The molecule has 1 aliphatic heterocycles. The van der Waals surface area contributed by atoms with Crippen LogP contribution in [-0.2, 0) is 16.1 Å². The van der Waals surface area contributed by atoms with Crippen molar-refractivity contribution in [3.05, 3.63) is 63.4 Å². The fraction of sp³-hybridized carbons (Fsp3) is 0.292. The number of hydrogen-bond donors (Lipinski definition) is 1. The van der Waals surface area contributed by atoms with Crippen LogP contribution >= 0.6 is 22.9 Å². The van der Waals surface area contributed by atoms with Gasteiger partial charge in [-0.2, -0.15) is 0 Å². The Hall–Kier alpha value is -2.90. The number of nitrogens with zero attached hydrogens (tertiary/aromatic N) is 3. The average Bonchev–Trinajstić information content (AvgIpc) is 3.20. The highest BCUT2D eigenvalue weighted by Gasteiger charge is 2.39. The molecule has 1 aliphatic rings. The molecular weight excluding hydrogens is 444 g/mol. The number of thiophene rings is 1. The number of hydrogen-bond acceptors (Lipinski definition) is 5. The molecule has 6 nitrogen and oxygen atoms in total. The number of pyridine rings is 1. The van der Waals surface area contributed by atoms with Crippen LogP contribution in [-0.4, -0.2) is 45.2 Å². The second kappa shape index (κ2) is 9.30. The predicted octanol–water partition coefficient (Wildman–Crippen LogP) is 4.58. The molecule has 2 atom stereocenters. The maximum Gasteiger partial charge on any atom is 0.247 e. The van der Waals surface area contributed by atoms with Crippen LogP contribution in [0.3, 0.4) is 0 Å². The number of fused-ring (bicyclic) bond motifs is 1. The predicted molar refractivity (Wildman–Crippen MR) is 130 cm³/mol. The molecule has 0 aliphatic carbocycles. The number of nitrogen functional groups attached to an aromatic ring is 1. The van der Waals surface area contributed by atoms with Crippen molar-refractivity contribution in [2.75, 3.05) is 12.3 Å². The van der Waals surface area contributed by atoms with Gasteiger partial charge < -0.3 is 15.5 Å². The summed E-state index contributed by atoms with van der Waals surface area (Å²) in [6.07, 6.45) is 5.52. The Morgan fingerprint density at radius 3 is 2.84 bits per heavy atom. The van der Waals surface area contributed by atoms with Crippen molar-refractivity contribution in [1.29, 1.82) is 0 Å². The molecule has 1 fully saturated rings. The highest BCUT2D eigenvalue weighted by molar-refractivity contribution is 7.17. The topological polar surface area (TPSA) is 79.5 Å². The molecule has 0 bridgehead atoms. The molecule has 2 N–H and O–H groups in total. The minimum absolute atomic E-state index is 0.0344. The van der Waals surface area contributed by atoms with E-state index in [4.69, 9.17) is 17.3 Å². The fourth-order valence-electron chi connectivity index (χ4n) is 4.10. The molecule has 1 saturated heterocycles. The van der Waals surface area contributed by atoms with Gasteiger partial charge in [-0.3, -0.25) is 14.6 Å². The lowest BCUT2D eigenvalue weighted by Gasteiger charge is -2.44. The summed E-state index contributed by atoms with van der Waals surface area (Å²) in [4.78, 5) is 35.1. The Labute approximate surface area is 196 Å². The number of piperazine rings is 1. The fourth-order valence-corrected chi connectivity index (χ4v) is 5.07. The van der Waals surface area contributed by atoms with E-state index in [2.05, 4.69) is 4.98 Å². The van der Waals surface area contributed by atoms with E-state index in [0.29, 0.717) is 29.5 Å². The maximum absolute atomic E-state index is 13.3. The van der Waals surface area contributed by atoms with Gasteiger partial charge in [-0.05, 0) is 49.2 Å². The first kappa shape index (κ1) is 22.3. The molecule has 0 spiro atoms. The lowest BCUT2D eigenvalue weighted by atomic mass is 10.0. The van der Waals surface area contributed by atoms with Crippen molar-refractivity contribution < 1.29 is 9.59 Å². The Kier molecular flexibility index (Phi) is 6.48. The van der Waals surface area contributed by atoms with Gasteiger partial charge in [0.1, 0.15) is 6.04 Å². The number of carbonyl (C=O) groups is 2. The molecular formula is C24H25ClN4O2S. The highest BCUT2D eigenvalue weighted by Crippen LogP contribution is 2.26. The maximum atomic E-state index is 13.3. The van der Waals surface area contributed by atoms with Crippen LogP contribution in [0.1, 0.15) is 30.7 Å². The van der Waals surface area contributed by atoms with E-state index in [1.807, 2.05) is 43.0 Å². The van der Waals surface area contributed by atoms with E-state index in [9.17, 15) is 9.59 Å². The summed E-state index contributed by atoms with van der Waals surface area (Å²) in [5.41, 5.74) is 8.50. The van der Waals surface area contributed by atoms with E-state index in [-0.39, 0.29) is 17.9 Å². The van der Waals surface area contributed by atoms with E-state index in [1.165, 1.54) is 17.4 Å². The zero-order valence-electron chi connectivity index (χ0n) is 18.0. The number of benzene rings is 1. The number of halogens is 1. The summed E-state index contributed by atoms with van der Waals surface area (Å²) in [5.74, 6) is -0.195. The molecule has 166 valence electrons. The van der Waals surface area contributed by atoms with Gasteiger partial charge in [0.05, 0.1) is 9.85 Å². The lowest BCUT2D eigenvalue weighted by Crippen LogP contribution is -2.61. The number of anilines is 1. The molecule has 0 radical (unpaired) electrons. The van der Waals surface area contributed by atoms with Crippen LogP contribution in [0.4, 0.5) is 5.69 Å². The Balaban J connectivity index is 1.51. The number of aromatic nitrogens is 1. The zero-order valence-corrected chi connectivity index (χ0v) is 19.6. The van der Waals surface area contributed by atoms with Crippen molar-refractivity contribution in [2.45, 2.75) is 38.9 Å². The zero-order chi connectivity index (χ0) is 22.8. The SMILES string of the molecule is CCC1C(=O)N(Cc2ccc3c(N)ccnc3c2)C(C)CN1C(=O)/C=C/c1ccc(Cl)s1. The van der Waals surface area contributed by atoms with Gasteiger partial charge in [0.25, 0.3) is 0 Å². The second-order valence-electron chi connectivity index (χ2n) is 7.96. The van der Waals surface area contributed by atoms with Gasteiger partial charge in [-0.15, -0.1) is 11.3 Å². The quantitative estimate of drug-likeness (QED) is 0.555. The van der Waals surface area contributed by atoms with Crippen LogP contribution in [0.15, 0.2) is 48.7 Å². The number of nitrogens with two attached hydrogens (primary N) is 1. The Morgan fingerprint density at radius 1 is 1.31 bits per heavy atom. The largest absolute Gasteiger partial charge is 0.398 e. The van der Waals surface area contributed by atoms with Gasteiger partial charge in [0.2, 0.25) is 11.8 Å². The van der Waals surface area contributed by atoms with Crippen molar-refractivity contribution in [1.82, 2.24) is 14.8 Å². The molecule has 1 aromatic carbocycles. The molecule has 4 rings (SSSR count). The van der Waals surface area contributed by atoms with Crippen LogP contribution in [0.25, 0.3) is 17.0 Å². The molecule has 0 saturated carbocycles. The van der Waals surface area contributed by atoms with E-state index in [0.717, 1.165) is 21.3 Å². The minimum atomic E-state index is -0.482. The summed E-state index contributed by atoms with van der Waals surface area (Å²) in [5, 5.41) is 0.899. The van der Waals surface area contributed by atoms with Crippen molar-refractivity contribution in [2.24, 2.45) is 0 Å². The first-order valence-corrected chi connectivity index (χ1v) is 11.7. The molecule has 3 heterocycles. The third-order valence-electron chi connectivity index (χ3n) is 5.79. The standard InChI is InChI=1S/C24H25ClN4O2S/c1-3-21-24(31)28(14-16-4-7-18-19(26)10-11-27-20(18)12-16)15(2)13-29(21)23(30)9-6-17-5-8-22(25)32-17/h4-12,15,21H,3,13-14H2,1-2H3,(H2,26,27)/b9-6+. The van der Waals surface area contributed by atoms with Gasteiger partial charge in [-0.25, -0.2) is 0 Å². The molecule has 2 unspecified atom stereocenters. The number of rotatable bonds is 5. The van der Waals surface area contributed by atoms with Crippen LogP contribution in [0, 0.1) is 0 Å². The van der Waals surface area contributed by atoms with Gasteiger partial charge in [-0.1, -0.05) is 30.7 Å². The van der Waals surface area contributed by atoms with Gasteiger partial charge in [0, 0.05) is 47.4 Å². The molecule has 8 heteroatoms. The Bertz CT molecular complexity index is 1190. The van der Waals surface area contributed by atoms with Crippen LogP contribution < -0.4 is 5.73 Å². The van der Waals surface area contributed by atoms with Crippen molar-refractivity contribution in [3.8, 4) is 0 Å². The second-order valence-corrected chi connectivity index (χ2v) is 9.70. The molecule has 2 amide bonds. The monoisotopic (exact) mass is 468 g/mol. The Morgan fingerprint density at radius 2 is 2.12 bits per heavy atom. The summed E-state index contributed by atoms with van der Waals surface area (Å²) in [6.45, 7) is 4.86. The first-order chi connectivity index (χ1) is 15.4. The number of carbonyl (C=O) groups excluding carboxylic acids is 2. The summed E-state index contributed by atoms with van der Waals surface area (Å²) < 4.78 is 0.674. The highest BCUT2D eigenvalue weighted by atomic mass is 35.5. The van der Waals surface area contributed by atoms with E-state index in [1.54, 1.807) is 29.3 Å². The van der Waals surface area contributed by atoms with Gasteiger partial charge in [0.15, 0.2) is 0 Å². The summed E-state index contributed by atoms with van der Waals surface area (Å²) in [7, 11) is 0. The molecule has 2 aromatic heterocycles. The van der Waals surface area contributed by atoms with Crippen molar-refractivity contribution in [3.63, 3.8) is 0 Å². The van der Waals surface area contributed by atoms with Gasteiger partial charge >= 0.3 is 0 Å². The number of amides is 2. The first-order valence-electron chi connectivity index (χ1n) is 10.5. The lowest BCUT2D eigenvalue weighted by molar-refractivity contribution is -0.153. The smallest absolute Gasteiger partial charge is 0.247 e. The third kappa shape index (κ3) is 4.49. The van der Waals surface area contributed by atoms with E-state index >= 15 is 0 Å². The van der Waals surface area contributed by atoms with E-state index < -0.39 is 6.04 Å². The molecule has 32 heavy (non-hydrogen) atoms. The minimum Gasteiger partial charge on any atom is -0.398 e. The summed E-state index contributed by atoms with van der Waals surface area (Å²) >= 11 is 7.37. The molecule has 3 aromatic rings. The van der Waals surface area contributed by atoms with Crippen LogP contribution in [0.5, 0.6) is 0 Å². The summed E-state index contributed by atoms with van der Waals surface area (Å²) in [6, 6.07) is 10.7. The third-order valence-corrected chi connectivity index (χ3v) is 6.98. The van der Waals surface area contributed by atoms with Crippen molar-refractivity contribution >= 4 is 57.4 Å². The van der Waals surface area contributed by atoms with Crippen LogP contribution in [0.2, 0.25) is 4.34 Å². The normalized spacial score (nSPS) is 19.3. The average molecular weight is 469 g/mol.